The standard InChI is InChI=1S/C19H17NO5/c1-23-15-4-2-12(10-20-18(21)6-7-19(20)22)8-14(15)13-3-5-16-17(9-13)25-11-24-16/h2-5,8-9H,6-7,10-11H2,1H3. The van der Waals surface area contributed by atoms with Gasteiger partial charge in [0.05, 0.1) is 13.7 Å². The number of likely N-dealkylation sites (tertiary alicyclic amines) is 1. The van der Waals surface area contributed by atoms with Crippen LogP contribution in [-0.4, -0.2) is 30.6 Å². The maximum atomic E-state index is 11.8. The van der Waals surface area contributed by atoms with Crippen LogP contribution in [0.5, 0.6) is 17.2 Å². The summed E-state index contributed by atoms with van der Waals surface area (Å²) in [5.41, 5.74) is 2.66. The zero-order chi connectivity index (χ0) is 17.4. The van der Waals surface area contributed by atoms with Crippen LogP contribution in [-0.2, 0) is 16.1 Å². The molecule has 1 saturated heterocycles. The number of nitrogens with zero attached hydrogens (tertiary/aromatic N) is 1. The van der Waals surface area contributed by atoms with Crippen LogP contribution >= 0.6 is 0 Å². The molecule has 2 amide bonds. The third kappa shape index (κ3) is 2.80. The van der Waals surface area contributed by atoms with Crippen molar-refractivity contribution in [3.63, 3.8) is 0 Å². The highest BCUT2D eigenvalue weighted by atomic mass is 16.7. The molecule has 25 heavy (non-hydrogen) atoms. The van der Waals surface area contributed by atoms with Gasteiger partial charge in [-0.3, -0.25) is 14.5 Å². The Labute approximate surface area is 144 Å². The summed E-state index contributed by atoms with van der Waals surface area (Å²) in [6.45, 7) is 0.494. The molecule has 128 valence electrons. The van der Waals surface area contributed by atoms with Crippen LogP contribution in [0.15, 0.2) is 36.4 Å². The van der Waals surface area contributed by atoms with Crippen molar-refractivity contribution >= 4 is 11.8 Å². The molecular weight excluding hydrogens is 322 g/mol. The molecule has 0 saturated carbocycles. The van der Waals surface area contributed by atoms with Crippen LogP contribution in [0, 0.1) is 0 Å². The summed E-state index contributed by atoms with van der Waals surface area (Å²) in [7, 11) is 1.61. The zero-order valence-corrected chi connectivity index (χ0v) is 13.8. The SMILES string of the molecule is COc1ccc(CN2C(=O)CCC2=O)cc1-c1ccc2c(c1)OCO2. The molecule has 6 heteroatoms. The van der Waals surface area contributed by atoms with Gasteiger partial charge in [0.25, 0.3) is 0 Å². The number of hydrogen-bond acceptors (Lipinski definition) is 5. The van der Waals surface area contributed by atoms with E-state index >= 15 is 0 Å². The van der Waals surface area contributed by atoms with Crippen LogP contribution in [0.2, 0.25) is 0 Å². The molecule has 2 heterocycles. The number of ether oxygens (including phenoxy) is 3. The van der Waals surface area contributed by atoms with Crippen molar-refractivity contribution in [1.82, 2.24) is 4.90 Å². The highest BCUT2D eigenvalue weighted by Gasteiger charge is 2.29. The Balaban J connectivity index is 1.69. The lowest BCUT2D eigenvalue weighted by atomic mass is 10.0. The van der Waals surface area contributed by atoms with Gasteiger partial charge < -0.3 is 14.2 Å². The molecule has 0 aliphatic carbocycles. The molecule has 0 atom stereocenters. The molecule has 6 nitrogen and oxygen atoms in total. The highest BCUT2D eigenvalue weighted by molar-refractivity contribution is 6.01. The zero-order valence-electron chi connectivity index (χ0n) is 13.8. The normalized spacial score (nSPS) is 15.8. The van der Waals surface area contributed by atoms with Crippen molar-refractivity contribution < 1.29 is 23.8 Å². The van der Waals surface area contributed by atoms with Crippen molar-refractivity contribution in [3.8, 4) is 28.4 Å². The van der Waals surface area contributed by atoms with Crippen LogP contribution in [0.4, 0.5) is 0 Å². The third-order valence-corrected chi connectivity index (χ3v) is 4.44. The minimum Gasteiger partial charge on any atom is -0.496 e. The average molecular weight is 339 g/mol. The van der Waals surface area contributed by atoms with Gasteiger partial charge in [-0.1, -0.05) is 12.1 Å². The topological polar surface area (TPSA) is 65.1 Å². The Kier molecular flexibility index (Phi) is 3.80. The van der Waals surface area contributed by atoms with E-state index in [1.54, 1.807) is 7.11 Å². The van der Waals surface area contributed by atoms with E-state index in [9.17, 15) is 9.59 Å². The summed E-state index contributed by atoms with van der Waals surface area (Å²) < 4.78 is 16.3. The van der Waals surface area contributed by atoms with Crippen molar-refractivity contribution in [2.45, 2.75) is 19.4 Å². The highest BCUT2D eigenvalue weighted by Crippen LogP contribution is 2.39. The monoisotopic (exact) mass is 339 g/mol. The number of hydrogen-bond donors (Lipinski definition) is 0. The number of carbonyl (C=O) groups is 2. The summed E-state index contributed by atoms with van der Waals surface area (Å²) >= 11 is 0. The number of carbonyl (C=O) groups excluding carboxylic acids is 2. The molecule has 2 aromatic rings. The van der Waals surface area contributed by atoms with E-state index < -0.39 is 0 Å². The van der Waals surface area contributed by atoms with Gasteiger partial charge in [-0.05, 0) is 35.4 Å². The summed E-state index contributed by atoms with van der Waals surface area (Å²) in [6.07, 6.45) is 0.591. The largest absolute Gasteiger partial charge is 0.496 e. The van der Waals surface area contributed by atoms with Crippen LogP contribution in [0.3, 0.4) is 0 Å². The van der Waals surface area contributed by atoms with Gasteiger partial charge in [0.15, 0.2) is 11.5 Å². The first-order chi connectivity index (χ1) is 12.2. The van der Waals surface area contributed by atoms with Crippen LogP contribution in [0.1, 0.15) is 18.4 Å². The van der Waals surface area contributed by atoms with Crippen molar-refractivity contribution in [3.05, 3.63) is 42.0 Å². The number of rotatable bonds is 4. The summed E-state index contributed by atoms with van der Waals surface area (Å²) in [5.74, 6) is 1.87. The van der Waals surface area contributed by atoms with Crippen LogP contribution < -0.4 is 14.2 Å². The molecule has 2 aliphatic rings. The Morgan fingerprint density at radius 3 is 2.52 bits per heavy atom. The average Bonchev–Trinajstić information content (AvgIpc) is 3.22. The summed E-state index contributed by atoms with van der Waals surface area (Å²) in [5, 5.41) is 0. The second-order valence-electron chi connectivity index (χ2n) is 5.98. The summed E-state index contributed by atoms with van der Waals surface area (Å²) in [4.78, 5) is 25.0. The Morgan fingerprint density at radius 1 is 1.00 bits per heavy atom. The minimum absolute atomic E-state index is 0.120. The lowest BCUT2D eigenvalue weighted by Crippen LogP contribution is -2.28. The number of imide groups is 1. The predicted octanol–water partition coefficient (Wildman–Crippen LogP) is 2.74. The van der Waals surface area contributed by atoms with Gasteiger partial charge in [0.1, 0.15) is 5.75 Å². The lowest BCUT2D eigenvalue weighted by Gasteiger charge is -2.16. The minimum atomic E-state index is -0.120. The Hall–Kier alpha value is -3.02. The van der Waals surface area contributed by atoms with E-state index in [2.05, 4.69) is 0 Å². The fraction of sp³-hybridized carbons (Fsp3) is 0.263. The predicted molar refractivity (Wildman–Crippen MR) is 89.3 cm³/mol. The molecule has 0 bridgehead atoms. The quantitative estimate of drug-likeness (QED) is 0.802. The van der Waals surface area contributed by atoms with Gasteiger partial charge in [0, 0.05) is 18.4 Å². The van der Waals surface area contributed by atoms with Gasteiger partial charge in [-0.2, -0.15) is 0 Å². The van der Waals surface area contributed by atoms with Crippen molar-refractivity contribution in [1.29, 1.82) is 0 Å². The Bertz CT molecular complexity index is 845. The first kappa shape index (κ1) is 15.5. The first-order valence-electron chi connectivity index (χ1n) is 8.06. The number of benzene rings is 2. The molecule has 0 aromatic heterocycles. The second-order valence-corrected chi connectivity index (χ2v) is 5.98. The van der Waals surface area contributed by atoms with E-state index in [0.29, 0.717) is 30.1 Å². The maximum absolute atomic E-state index is 11.8. The molecule has 0 N–H and O–H groups in total. The number of fused-ring (bicyclic) bond motifs is 1. The molecule has 0 unspecified atom stereocenters. The smallest absolute Gasteiger partial charge is 0.231 e. The fourth-order valence-corrected chi connectivity index (χ4v) is 3.12. The molecule has 2 aromatic carbocycles. The van der Waals surface area contributed by atoms with E-state index in [4.69, 9.17) is 14.2 Å². The lowest BCUT2D eigenvalue weighted by molar-refractivity contribution is -0.139. The maximum Gasteiger partial charge on any atom is 0.231 e. The molecule has 0 spiro atoms. The number of methoxy groups -OCH3 is 1. The van der Waals surface area contributed by atoms with E-state index in [1.165, 1.54) is 4.90 Å². The summed E-state index contributed by atoms with van der Waals surface area (Å²) in [6, 6.07) is 11.3. The van der Waals surface area contributed by atoms with E-state index in [0.717, 1.165) is 16.7 Å². The van der Waals surface area contributed by atoms with Gasteiger partial charge >= 0.3 is 0 Å². The van der Waals surface area contributed by atoms with E-state index in [-0.39, 0.29) is 25.2 Å². The van der Waals surface area contributed by atoms with Crippen molar-refractivity contribution in [2.24, 2.45) is 0 Å². The molecule has 4 rings (SSSR count). The first-order valence-corrected chi connectivity index (χ1v) is 8.06. The number of amides is 2. The van der Waals surface area contributed by atoms with Gasteiger partial charge in [-0.25, -0.2) is 0 Å². The molecular formula is C19H17NO5. The van der Waals surface area contributed by atoms with Crippen LogP contribution in [0.25, 0.3) is 11.1 Å². The van der Waals surface area contributed by atoms with E-state index in [1.807, 2.05) is 36.4 Å². The van der Waals surface area contributed by atoms with Crippen molar-refractivity contribution in [2.75, 3.05) is 13.9 Å². The third-order valence-electron chi connectivity index (χ3n) is 4.44. The van der Waals surface area contributed by atoms with Gasteiger partial charge in [-0.15, -0.1) is 0 Å². The van der Waals surface area contributed by atoms with Gasteiger partial charge in [0.2, 0.25) is 18.6 Å². The Morgan fingerprint density at radius 2 is 1.76 bits per heavy atom. The molecule has 1 fully saturated rings. The molecule has 0 radical (unpaired) electrons. The second kappa shape index (κ2) is 6.12. The molecule has 2 aliphatic heterocycles. The fourth-order valence-electron chi connectivity index (χ4n) is 3.12.